The van der Waals surface area contributed by atoms with E-state index in [4.69, 9.17) is 9.47 Å². The van der Waals surface area contributed by atoms with E-state index >= 15 is 0 Å². The number of nitrogens with one attached hydrogen (secondary N) is 2. The van der Waals surface area contributed by atoms with Crippen LogP contribution in [0.3, 0.4) is 0 Å². The Morgan fingerprint density at radius 1 is 1.00 bits per heavy atom. The van der Waals surface area contributed by atoms with Crippen molar-refractivity contribution in [3.63, 3.8) is 0 Å². The number of carbonyl (C=O) groups excluding carboxylic acids is 1. The van der Waals surface area contributed by atoms with Crippen LogP contribution in [0.15, 0.2) is 53.4 Å². The number of benzene rings is 2. The average Bonchev–Trinajstić information content (AvgIpc) is 2.67. The lowest BCUT2D eigenvalue weighted by Gasteiger charge is -2.09. The van der Waals surface area contributed by atoms with Gasteiger partial charge >= 0.3 is 6.03 Å². The van der Waals surface area contributed by atoms with E-state index < -0.39 is 0 Å². The Bertz CT molecular complexity index is 645. The van der Waals surface area contributed by atoms with Gasteiger partial charge in [-0.3, -0.25) is 0 Å². The molecule has 6 heteroatoms. The van der Waals surface area contributed by atoms with E-state index in [0.717, 1.165) is 23.5 Å². The second-order valence-corrected chi connectivity index (χ2v) is 6.21. The van der Waals surface area contributed by atoms with Crippen LogP contribution in [0.5, 0.6) is 11.5 Å². The molecule has 2 amide bonds. The van der Waals surface area contributed by atoms with Crippen molar-refractivity contribution in [1.29, 1.82) is 0 Å². The molecular formula is C19H24N2O3S. The van der Waals surface area contributed by atoms with Gasteiger partial charge in [0.15, 0.2) is 0 Å². The molecule has 0 aliphatic carbocycles. The quantitative estimate of drug-likeness (QED) is 0.529. The summed E-state index contributed by atoms with van der Waals surface area (Å²) in [7, 11) is 1.63. The SMILES string of the molecule is COc1ccc(OCCCNC(=O)NCc2ccc(SC)cc2)cc1. The zero-order valence-electron chi connectivity index (χ0n) is 14.6. The van der Waals surface area contributed by atoms with Crippen molar-refractivity contribution in [3.8, 4) is 11.5 Å². The van der Waals surface area contributed by atoms with Crippen molar-refractivity contribution in [2.24, 2.45) is 0 Å². The fraction of sp³-hybridized carbons (Fsp3) is 0.316. The molecule has 0 radical (unpaired) electrons. The van der Waals surface area contributed by atoms with Crippen molar-refractivity contribution < 1.29 is 14.3 Å². The number of hydrogen-bond acceptors (Lipinski definition) is 4. The van der Waals surface area contributed by atoms with Crippen LogP contribution in [0.2, 0.25) is 0 Å². The molecule has 25 heavy (non-hydrogen) atoms. The van der Waals surface area contributed by atoms with Gasteiger partial charge in [-0.15, -0.1) is 11.8 Å². The Morgan fingerprint density at radius 2 is 1.68 bits per heavy atom. The molecule has 0 unspecified atom stereocenters. The number of rotatable bonds is 9. The molecule has 2 rings (SSSR count). The van der Waals surface area contributed by atoms with Gasteiger partial charge in [0, 0.05) is 18.0 Å². The second kappa shape index (κ2) is 10.5. The number of amides is 2. The monoisotopic (exact) mass is 360 g/mol. The summed E-state index contributed by atoms with van der Waals surface area (Å²) >= 11 is 1.70. The van der Waals surface area contributed by atoms with Crippen molar-refractivity contribution in [3.05, 3.63) is 54.1 Å². The number of hydrogen-bond donors (Lipinski definition) is 2. The second-order valence-electron chi connectivity index (χ2n) is 5.34. The standard InChI is InChI=1S/C19H24N2O3S/c1-23-16-6-8-17(9-7-16)24-13-3-12-20-19(22)21-14-15-4-10-18(25-2)11-5-15/h4-11H,3,12-14H2,1-2H3,(H2,20,21,22). The molecule has 0 aromatic heterocycles. The van der Waals surface area contributed by atoms with Gasteiger partial charge in [-0.25, -0.2) is 4.79 Å². The maximum Gasteiger partial charge on any atom is 0.315 e. The average molecular weight is 360 g/mol. The molecular weight excluding hydrogens is 336 g/mol. The molecule has 0 spiro atoms. The summed E-state index contributed by atoms with van der Waals surface area (Å²) in [6.07, 6.45) is 2.78. The van der Waals surface area contributed by atoms with Crippen molar-refractivity contribution in [1.82, 2.24) is 10.6 Å². The zero-order valence-corrected chi connectivity index (χ0v) is 15.4. The fourth-order valence-corrected chi connectivity index (χ4v) is 2.53. The summed E-state index contributed by atoms with van der Waals surface area (Å²) in [5.74, 6) is 1.59. The van der Waals surface area contributed by atoms with Crippen molar-refractivity contribution in [2.75, 3.05) is 26.5 Å². The van der Waals surface area contributed by atoms with Gasteiger partial charge in [0.2, 0.25) is 0 Å². The summed E-state index contributed by atoms with van der Waals surface area (Å²) in [6, 6.07) is 15.4. The number of methoxy groups -OCH3 is 1. The largest absolute Gasteiger partial charge is 0.497 e. The maximum absolute atomic E-state index is 11.8. The number of carbonyl (C=O) groups is 1. The van der Waals surface area contributed by atoms with E-state index in [-0.39, 0.29) is 6.03 Å². The molecule has 2 N–H and O–H groups in total. The third-order valence-electron chi connectivity index (χ3n) is 3.55. The minimum absolute atomic E-state index is 0.168. The normalized spacial score (nSPS) is 10.2. The molecule has 2 aromatic carbocycles. The lowest BCUT2D eigenvalue weighted by atomic mass is 10.2. The molecule has 0 aliphatic heterocycles. The van der Waals surface area contributed by atoms with Crippen molar-refractivity contribution >= 4 is 17.8 Å². The third-order valence-corrected chi connectivity index (χ3v) is 4.29. The Kier molecular flexibility index (Phi) is 7.98. The maximum atomic E-state index is 11.8. The van der Waals surface area contributed by atoms with Gasteiger partial charge < -0.3 is 20.1 Å². The van der Waals surface area contributed by atoms with E-state index in [1.165, 1.54) is 4.90 Å². The Hall–Kier alpha value is -2.34. The highest BCUT2D eigenvalue weighted by molar-refractivity contribution is 7.98. The number of ether oxygens (including phenoxy) is 2. The summed E-state index contributed by atoms with van der Waals surface area (Å²) in [5, 5.41) is 5.67. The highest BCUT2D eigenvalue weighted by Gasteiger charge is 2.01. The van der Waals surface area contributed by atoms with Crippen LogP contribution in [0.25, 0.3) is 0 Å². The van der Waals surface area contributed by atoms with Gasteiger partial charge in [-0.05, 0) is 54.6 Å². The summed E-state index contributed by atoms with van der Waals surface area (Å²) in [6.45, 7) is 1.62. The van der Waals surface area contributed by atoms with E-state index in [2.05, 4.69) is 22.8 Å². The highest BCUT2D eigenvalue weighted by Crippen LogP contribution is 2.17. The molecule has 0 saturated heterocycles. The first-order chi connectivity index (χ1) is 12.2. The van der Waals surface area contributed by atoms with E-state index in [9.17, 15) is 4.79 Å². The Balaban J connectivity index is 1.56. The van der Waals surface area contributed by atoms with Crippen LogP contribution in [-0.4, -0.2) is 32.5 Å². The van der Waals surface area contributed by atoms with Crippen molar-refractivity contribution in [2.45, 2.75) is 17.9 Å². The van der Waals surface area contributed by atoms with Gasteiger partial charge in [-0.2, -0.15) is 0 Å². The van der Waals surface area contributed by atoms with Crippen LogP contribution in [-0.2, 0) is 6.54 Å². The molecule has 0 atom stereocenters. The lowest BCUT2D eigenvalue weighted by Crippen LogP contribution is -2.35. The minimum Gasteiger partial charge on any atom is -0.497 e. The summed E-state index contributed by atoms with van der Waals surface area (Å²) < 4.78 is 10.7. The molecule has 0 bridgehead atoms. The van der Waals surface area contributed by atoms with Gasteiger partial charge in [-0.1, -0.05) is 12.1 Å². The molecule has 2 aromatic rings. The molecule has 0 aliphatic rings. The Morgan fingerprint density at radius 3 is 2.32 bits per heavy atom. The topological polar surface area (TPSA) is 59.6 Å². The van der Waals surface area contributed by atoms with Crippen LogP contribution < -0.4 is 20.1 Å². The number of thioether (sulfide) groups is 1. The number of urea groups is 1. The van der Waals surface area contributed by atoms with E-state index in [1.54, 1.807) is 18.9 Å². The van der Waals surface area contributed by atoms with Gasteiger partial charge in [0.25, 0.3) is 0 Å². The van der Waals surface area contributed by atoms with Gasteiger partial charge in [0.1, 0.15) is 11.5 Å². The molecule has 5 nitrogen and oxygen atoms in total. The zero-order chi connectivity index (χ0) is 17.9. The first kappa shape index (κ1) is 19.0. The lowest BCUT2D eigenvalue weighted by molar-refractivity contribution is 0.238. The summed E-state index contributed by atoms with van der Waals surface area (Å²) in [5.41, 5.74) is 1.08. The Labute approximate surface area is 153 Å². The predicted octanol–water partition coefficient (Wildman–Crippen LogP) is 3.69. The van der Waals surface area contributed by atoms with Crippen LogP contribution >= 0.6 is 11.8 Å². The van der Waals surface area contributed by atoms with E-state index in [1.807, 2.05) is 42.7 Å². The fourth-order valence-electron chi connectivity index (χ4n) is 2.12. The molecule has 0 saturated carbocycles. The third kappa shape index (κ3) is 6.97. The molecule has 134 valence electrons. The summed E-state index contributed by atoms with van der Waals surface area (Å²) in [4.78, 5) is 13.0. The predicted molar refractivity (Wildman–Crippen MR) is 102 cm³/mol. The van der Waals surface area contributed by atoms with Crippen LogP contribution in [0, 0.1) is 0 Å². The van der Waals surface area contributed by atoms with Crippen LogP contribution in [0.1, 0.15) is 12.0 Å². The smallest absolute Gasteiger partial charge is 0.315 e. The molecule has 0 heterocycles. The van der Waals surface area contributed by atoms with Gasteiger partial charge in [0.05, 0.1) is 13.7 Å². The minimum atomic E-state index is -0.168. The first-order valence-corrected chi connectivity index (χ1v) is 9.35. The first-order valence-electron chi connectivity index (χ1n) is 8.13. The van der Waals surface area contributed by atoms with E-state index in [0.29, 0.717) is 19.7 Å². The van der Waals surface area contributed by atoms with Crippen LogP contribution in [0.4, 0.5) is 4.79 Å². The molecule has 0 fully saturated rings. The highest BCUT2D eigenvalue weighted by atomic mass is 32.2.